The summed E-state index contributed by atoms with van der Waals surface area (Å²) in [6.07, 6.45) is 3.70. The molecule has 8 heteroatoms. The Kier molecular flexibility index (Phi) is 4.69. The fourth-order valence-electron chi connectivity index (χ4n) is 2.78. The van der Waals surface area contributed by atoms with E-state index in [4.69, 9.17) is 0 Å². The first-order valence-corrected chi connectivity index (χ1v) is 8.92. The number of piperidine rings is 1. The van der Waals surface area contributed by atoms with Crippen LogP contribution in [-0.2, 0) is 19.6 Å². The third-order valence-electron chi connectivity index (χ3n) is 4.19. The molecule has 1 atom stereocenters. The number of nitrogens with zero attached hydrogens (tertiary/aromatic N) is 1. The summed E-state index contributed by atoms with van der Waals surface area (Å²) < 4.78 is 26.0. The first-order chi connectivity index (χ1) is 9.73. The summed E-state index contributed by atoms with van der Waals surface area (Å²) in [5.41, 5.74) is -1.23. The van der Waals surface area contributed by atoms with E-state index >= 15 is 0 Å². The number of piperazine rings is 1. The monoisotopic (exact) mass is 317 g/mol. The average Bonchev–Trinajstić information content (AvgIpc) is 2.42. The third-order valence-corrected chi connectivity index (χ3v) is 6.20. The lowest BCUT2D eigenvalue weighted by molar-refractivity contribution is -0.141. The van der Waals surface area contributed by atoms with Crippen LogP contribution in [0.5, 0.6) is 0 Å². The van der Waals surface area contributed by atoms with Crippen LogP contribution in [0.4, 0.5) is 0 Å². The van der Waals surface area contributed by atoms with E-state index in [2.05, 4.69) is 10.6 Å². The Morgan fingerprint density at radius 2 is 2.00 bits per heavy atom. The van der Waals surface area contributed by atoms with E-state index < -0.39 is 27.4 Å². The number of nitrogens with one attached hydrogen (secondary N) is 2. The van der Waals surface area contributed by atoms with E-state index in [-0.39, 0.29) is 18.3 Å². The lowest BCUT2D eigenvalue weighted by Crippen LogP contribution is -2.65. The minimum atomic E-state index is -3.64. The van der Waals surface area contributed by atoms with Gasteiger partial charge in [0.25, 0.3) is 0 Å². The van der Waals surface area contributed by atoms with Crippen molar-refractivity contribution in [1.29, 1.82) is 0 Å². The summed E-state index contributed by atoms with van der Waals surface area (Å²) in [7, 11) is -3.64. The molecule has 2 amide bonds. The summed E-state index contributed by atoms with van der Waals surface area (Å²) in [6, 6.07) is 0.200. The number of amides is 2. The van der Waals surface area contributed by atoms with E-state index in [9.17, 15) is 18.0 Å². The lowest BCUT2D eigenvalue weighted by atomic mass is 10.0. The predicted octanol–water partition coefficient (Wildman–Crippen LogP) is -0.415. The standard InChI is InChI=1S/C13H23N3O4S/c1-13(2)12(18)15-11(17)9-16(13)21(19,20)8-6-10-5-3-4-7-14-10/h10,14H,3-9H2,1-2H3,(H,15,17,18). The molecule has 2 aliphatic rings. The molecule has 2 aliphatic heterocycles. The van der Waals surface area contributed by atoms with Gasteiger partial charge in [-0.1, -0.05) is 6.42 Å². The van der Waals surface area contributed by atoms with Crippen molar-refractivity contribution in [1.82, 2.24) is 14.9 Å². The molecule has 0 aromatic carbocycles. The van der Waals surface area contributed by atoms with Crippen molar-refractivity contribution < 1.29 is 18.0 Å². The second-order valence-corrected chi connectivity index (χ2v) is 8.21. The molecular weight excluding hydrogens is 294 g/mol. The molecule has 0 radical (unpaired) electrons. The van der Waals surface area contributed by atoms with Crippen molar-refractivity contribution in [2.75, 3.05) is 18.8 Å². The zero-order valence-electron chi connectivity index (χ0n) is 12.5. The first kappa shape index (κ1) is 16.4. The van der Waals surface area contributed by atoms with E-state index in [0.717, 1.165) is 30.1 Å². The van der Waals surface area contributed by atoms with Crippen LogP contribution in [0.3, 0.4) is 0 Å². The Balaban J connectivity index is 2.06. The van der Waals surface area contributed by atoms with Gasteiger partial charge in [0.05, 0.1) is 12.3 Å². The zero-order valence-corrected chi connectivity index (χ0v) is 13.3. The average molecular weight is 317 g/mol. The number of imide groups is 1. The van der Waals surface area contributed by atoms with Gasteiger partial charge < -0.3 is 5.32 Å². The van der Waals surface area contributed by atoms with Crippen molar-refractivity contribution in [3.05, 3.63) is 0 Å². The van der Waals surface area contributed by atoms with Crippen LogP contribution in [0.15, 0.2) is 0 Å². The quantitative estimate of drug-likeness (QED) is 0.687. The summed E-state index contributed by atoms with van der Waals surface area (Å²) in [6.45, 7) is 3.66. The predicted molar refractivity (Wildman–Crippen MR) is 78.0 cm³/mol. The fraction of sp³-hybridized carbons (Fsp3) is 0.846. The summed E-state index contributed by atoms with van der Waals surface area (Å²) in [5, 5.41) is 5.48. The topological polar surface area (TPSA) is 95.6 Å². The highest BCUT2D eigenvalue weighted by Crippen LogP contribution is 2.23. The molecule has 2 fully saturated rings. The Morgan fingerprint density at radius 1 is 1.29 bits per heavy atom. The number of hydrogen-bond acceptors (Lipinski definition) is 5. The summed E-state index contributed by atoms with van der Waals surface area (Å²) >= 11 is 0. The second kappa shape index (κ2) is 6.02. The largest absolute Gasteiger partial charge is 0.314 e. The molecule has 2 rings (SSSR count). The Morgan fingerprint density at radius 3 is 2.62 bits per heavy atom. The van der Waals surface area contributed by atoms with Gasteiger partial charge in [-0.2, -0.15) is 4.31 Å². The maximum Gasteiger partial charge on any atom is 0.247 e. The van der Waals surface area contributed by atoms with Gasteiger partial charge in [0.15, 0.2) is 0 Å². The Bertz CT molecular complexity index is 524. The lowest BCUT2D eigenvalue weighted by Gasteiger charge is -2.39. The van der Waals surface area contributed by atoms with Crippen LogP contribution in [0.2, 0.25) is 0 Å². The van der Waals surface area contributed by atoms with Gasteiger partial charge in [0.1, 0.15) is 5.54 Å². The van der Waals surface area contributed by atoms with Gasteiger partial charge >= 0.3 is 0 Å². The summed E-state index contributed by atoms with van der Waals surface area (Å²) in [5.74, 6) is -1.19. The van der Waals surface area contributed by atoms with Gasteiger partial charge in [-0.3, -0.25) is 14.9 Å². The minimum absolute atomic E-state index is 0.0470. The third kappa shape index (κ3) is 3.61. The van der Waals surface area contributed by atoms with E-state index in [1.807, 2.05) is 0 Å². The van der Waals surface area contributed by atoms with E-state index in [0.29, 0.717) is 6.42 Å². The highest BCUT2D eigenvalue weighted by molar-refractivity contribution is 7.89. The van der Waals surface area contributed by atoms with Gasteiger partial charge in [-0.05, 0) is 39.7 Å². The van der Waals surface area contributed by atoms with Crippen molar-refractivity contribution in [2.45, 2.75) is 51.1 Å². The molecule has 0 saturated carbocycles. The van der Waals surface area contributed by atoms with Crippen molar-refractivity contribution in [3.63, 3.8) is 0 Å². The van der Waals surface area contributed by atoms with Gasteiger partial charge in [-0.15, -0.1) is 0 Å². The minimum Gasteiger partial charge on any atom is -0.314 e. The molecule has 2 saturated heterocycles. The Labute approximate surface area is 125 Å². The molecule has 2 N–H and O–H groups in total. The van der Waals surface area contributed by atoms with Gasteiger partial charge in [-0.25, -0.2) is 8.42 Å². The molecule has 120 valence electrons. The molecule has 1 unspecified atom stereocenters. The number of sulfonamides is 1. The number of carbonyl (C=O) groups is 2. The van der Waals surface area contributed by atoms with Crippen molar-refractivity contribution >= 4 is 21.8 Å². The van der Waals surface area contributed by atoms with Crippen molar-refractivity contribution in [2.24, 2.45) is 0 Å². The molecular formula is C13H23N3O4S. The van der Waals surface area contributed by atoms with Crippen LogP contribution in [-0.4, -0.2) is 55.0 Å². The number of hydrogen-bond donors (Lipinski definition) is 2. The number of rotatable bonds is 4. The molecule has 0 bridgehead atoms. The molecule has 0 spiro atoms. The van der Waals surface area contributed by atoms with Crippen LogP contribution in [0.25, 0.3) is 0 Å². The molecule has 0 aromatic heterocycles. The second-order valence-electron chi connectivity index (χ2n) is 6.19. The van der Waals surface area contributed by atoms with Crippen LogP contribution >= 0.6 is 0 Å². The maximum absolute atomic E-state index is 12.5. The van der Waals surface area contributed by atoms with E-state index in [1.165, 1.54) is 13.8 Å². The number of carbonyl (C=O) groups excluding carboxylic acids is 2. The normalized spacial score (nSPS) is 27.4. The Hall–Kier alpha value is -0.990. The van der Waals surface area contributed by atoms with E-state index in [1.54, 1.807) is 0 Å². The molecule has 21 heavy (non-hydrogen) atoms. The van der Waals surface area contributed by atoms with Crippen LogP contribution in [0.1, 0.15) is 39.5 Å². The highest BCUT2D eigenvalue weighted by Gasteiger charge is 2.46. The molecule has 0 aliphatic carbocycles. The molecule has 2 heterocycles. The molecule has 7 nitrogen and oxygen atoms in total. The fourth-order valence-corrected chi connectivity index (χ4v) is 4.67. The van der Waals surface area contributed by atoms with Crippen molar-refractivity contribution in [3.8, 4) is 0 Å². The molecule has 0 aromatic rings. The smallest absolute Gasteiger partial charge is 0.247 e. The summed E-state index contributed by atoms with van der Waals surface area (Å²) in [4.78, 5) is 23.3. The highest BCUT2D eigenvalue weighted by atomic mass is 32.2. The van der Waals surface area contributed by atoms with Gasteiger partial charge in [0, 0.05) is 6.04 Å². The maximum atomic E-state index is 12.5. The van der Waals surface area contributed by atoms with Gasteiger partial charge in [0.2, 0.25) is 21.8 Å². The SMILES string of the molecule is CC1(C)C(=O)NC(=O)CN1S(=O)(=O)CCC1CCCCN1. The first-order valence-electron chi connectivity index (χ1n) is 7.31. The zero-order chi connectivity index (χ0) is 15.7. The van der Waals surface area contributed by atoms with Crippen LogP contribution < -0.4 is 10.6 Å². The van der Waals surface area contributed by atoms with Crippen LogP contribution in [0, 0.1) is 0 Å².